The van der Waals surface area contributed by atoms with Gasteiger partial charge in [-0.2, -0.15) is 291 Å². The number of hydrogen-bond donors (Lipinski definition) is 0. The average molecular weight is 1850 g/mol. The summed E-state index contributed by atoms with van der Waals surface area (Å²) >= 11 is 0. The Hall–Kier alpha value is -0.850. The first-order valence-corrected chi connectivity index (χ1v) is 40.2. The molecule has 0 aromatic heterocycles. The molecule has 648 valence electrons. The average Bonchev–Trinajstić information content (AvgIpc) is 2.12. The minimum atomic E-state index is 0. The van der Waals surface area contributed by atoms with Crippen LogP contribution in [0.2, 0.25) is 0 Å². The molecule has 12 fully saturated rings. The van der Waals surface area contributed by atoms with Gasteiger partial charge in [0.05, 0.1) is 0 Å². The summed E-state index contributed by atoms with van der Waals surface area (Å²) in [5.41, 5.74) is 0. The van der Waals surface area contributed by atoms with Gasteiger partial charge in [0.2, 0.25) is 0 Å². The van der Waals surface area contributed by atoms with Crippen LogP contribution in [-0.4, -0.2) is 285 Å². The SMILES string of the molecule is C1CCOC1.C1CCOC1.C1CCOC1.C1CCOC1.C1CCOC1.C1CCOC1.C1CCOC1.C1CCOC1.C1CCOC1.C1CCOC1.C1CCOC1.C1CCOC1.[Al+3].[Al+3].[Cl-].[Cl-].[Cl-].[Cl-].[Cl-].[Cl-].[Mg+2].[Mg+2].[Mg+2].[Mg+2].[c-]1ccccc1.[c-]1ccccc1.[c-]1ccccc1.[c-]1ccccc1.[c-]1ccccc1.[c-]1ccccc1.[c-]1ccccc1.[c-]1ccccc1. The number of hydrogen-bond acceptors (Lipinski definition) is 12. The standard InChI is InChI=1S/8C6H5.12C4H8O.2Al.6ClH.4Mg/c8*1-2-4-6-5-3-1;12*1-2-4-5-3-1;;;;;;;;;;;;/h8*1-5H;12*1-4H2;;;6*1H;;;;/q8*-1;;;;;;;;;;;;;2*+3;;;;;;;4*+2/p-6. The van der Waals surface area contributed by atoms with Gasteiger partial charge >= 0.3 is 127 Å². The summed E-state index contributed by atoms with van der Waals surface area (Å²) in [5.74, 6) is 0. The van der Waals surface area contributed by atoms with Gasteiger partial charge < -0.3 is 131 Å². The van der Waals surface area contributed by atoms with E-state index in [0.717, 1.165) is 159 Å². The summed E-state index contributed by atoms with van der Waals surface area (Å²) < 4.78 is 59.3. The Balaban J connectivity index is -0.000000102. The van der Waals surface area contributed by atoms with E-state index >= 15 is 0 Å². The van der Waals surface area contributed by atoms with Crippen molar-refractivity contribution in [2.24, 2.45) is 0 Å². The van der Waals surface area contributed by atoms with Crippen LogP contribution >= 0.6 is 0 Å². The molecule has 12 nitrogen and oxygen atoms in total. The van der Waals surface area contributed by atoms with Crippen LogP contribution in [0.3, 0.4) is 0 Å². The van der Waals surface area contributed by atoms with Crippen molar-refractivity contribution < 1.29 is 131 Å². The molecule has 0 aliphatic carbocycles. The minimum absolute atomic E-state index is 0. The molecule has 0 radical (unpaired) electrons. The van der Waals surface area contributed by atoms with E-state index in [9.17, 15) is 0 Å². The third kappa shape index (κ3) is 138. The van der Waals surface area contributed by atoms with Crippen LogP contribution in [-0.2, 0) is 56.8 Å². The topological polar surface area (TPSA) is 111 Å². The molecule has 8 aromatic carbocycles. The van der Waals surface area contributed by atoms with Crippen LogP contribution in [0.25, 0.3) is 0 Å². The maximum Gasteiger partial charge on any atom is 3.00 e. The Bertz CT molecular complexity index is 1770. The first kappa shape index (κ1) is 145. The van der Waals surface area contributed by atoms with Crippen molar-refractivity contribution in [3.63, 3.8) is 0 Å². The molecule has 120 heavy (non-hydrogen) atoms. The van der Waals surface area contributed by atoms with E-state index < -0.39 is 0 Å². The van der Waals surface area contributed by atoms with Crippen LogP contribution in [0.15, 0.2) is 243 Å². The molecule has 24 heteroatoms. The van der Waals surface area contributed by atoms with E-state index in [1.165, 1.54) is 154 Å². The van der Waals surface area contributed by atoms with Crippen molar-refractivity contribution >= 4 is 127 Å². The second kappa shape index (κ2) is 141. The quantitative estimate of drug-likeness (QED) is 0.161. The van der Waals surface area contributed by atoms with E-state index in [4.69, 9.17) is 56.8 Å². The normalized spacial score (nSPS) is 15.2. The number of rotatable bonds is 0. The van der Waals surface area contributed by atoms with Gasteiger partial charge in [-0.15, -0.1) is 0 Å². The van der Waals surface area contributed by atoms with Crippen molar-refractivity contribution in [2.75, 3.05) is 159 Å². The van der Waals surface area contributed by atoms with Gasteiger partial charge in [-0.1, -0.05) is 0 Å². The van der Waals surface area contributed by atoms with E-state index in [1.807, 2.05) is 243 Å². The monoisotopic (exact) mass is 1840 g/mol. The largest absolute Gasteiger partial charge is 3.00 e. The molecule has 0 atom stereocenters. The van der Waals surface area contributed by atoms with Crippen LogP contribution in [0, 0.1) is 48.5 Å². The molecular formula is C96H136Al2Cl6Mg4O12. The van der Waals surface area contributed by atoms with Crippen molar-refractivity contribution in [1.82, 2.24) is 0 Å². The van der Waals surface area contributed by atoms with Gasteiger partial charge in [0.1, 0.15) is 0 Å². The number of ether oxygens (including phenoxy) is 12. The molecule has 0 saturated carbocycles. The van der Waals surface area contributed by atoms with Crippen LogP contribution in [0.1, 0.15) is 154 Å². The summed E-state index contributed by atoms with van der Waals surface area (Å²) in [4.78, 5) is 0. The maximum absolute atomic E-state index is 4.94. The Morgan fingerprint density at radius 2 is 0.167 bits per heavy atom. The zero-order valence-corrected chi connectivity index (χ0v) is 84.7. The molecule has 0 N–H and O–H groups in total. The predicted molar refractivity (Wildman–Crippen MR) is 477 cm³/mol. The summed E-state index contributed by atoms with van der Waals surface area (Å²) in [6.07, 6.45) is 30.7. The summed E-state index contributed by atoms with van der Waals surface area (Å²) in [6, 6.07) is 100. The molecule has 12 aliphatic heterocycles. The molecule has 12 heterocycles. The Morgan fingerprint density at radius 3 is 0.183 bits per heavy atom. The molecule has 20 rings (SSSR count). The molecule has 0 amide bonds. The molecule has 12 saturated heterocycles. The van der Waals surface area contributed by atoms with Gasteiger partial charge in [0.25, 0.3) is 0 Å². The number of halogens is 6. The predicted octanol–water partition coefficient (Wildman–Crippen LogP) is 1.20. The fraction of sp³-hybridized carbons (Fsp3) is 0.500. The summed E-state index contributed by atoms with van der Waals surface area (Å²) in [5, 5.41) is 0. The van der Waals surface area contributed by atoms with Crippen molar-refractivity contribution in [3.8, 4) is 0 Å². The minimum Gasteiger partial charge on any atom is -1.00 e. The fourth-order valence-corrected chi connectivity index (χ4v) is 8.86. The van der Waals surface area contributed by atoms with Crippen molar-refractivity contribution in [3.05, 3.63) is 291 Å². The van der Waals surface area contributed by atoms with Gasteiger partial charge in [-0.3, -0.25) is 0 Å². The Kier molecular flexibility index (Phi) is 171. The maximum atomic E-state index is 4.94. The molecule has 0 unspecified atom stereocenters. The molecular weight excluding hydrogens is 1710 g/mol. The second-order valence-corrected chi connectivity index (χ2v) is 24.5. The first-order chi connectivity index (χ1) is 54.0. The van der Waals surface area contributed by atoms with Gasteiger partial charge in [0.15, 0.2) is 0 Å². The second-order valence-electron chi connectivity index (χ2n) is 24.5. The van der Waals surface area contributed by atoms with E-state index in [0.29, 0.717) is 0 Å². The van der Waals surface area contributed by atoms with Crippen molar-refractivity contribution in [2.45, 2.75) is 154 Å². The summed E-state index contributed by atoms with van der Waals surface area (Å²) in [7, 11) is 0. The smallest absolute Gasteiger partial charge is 1.00 e. The molecule has 0 spiro atoms. The third-order valence-corrected chi connectivity index (χ3v) is 14.8. The van der Waals surface area contributed by atoms with Crippen molar-refractivity contribution in [1.29, 1.82) is 0 Å². The van der Waals surface area contributed by atoms with Gasteiger partial charge in [-0.25, -0.2) is 0 Å². The Morgan fingerprint density at radius 1 is 0.108 bits per heavy atom. The van der Waals surface area contributed by atoms with Crippen LogP contribution in [0.4, 0.5) is 0 Å². The van der Waals surface area contributed by atoms with E-state index in [2.05, 4.69) is 48.5 Å². The van der Waals surface area contributed by atoms with Crippen LogP contribution < -0.4 is 74.4 Å². The van der Waals surface area contributed by atoms with E-state index in [-0.39, 0.29) is 201 Å². The van der Waals surface area contributed by atoms with Gasteiger partial charge in [-0.05, 0) is 154 Å². The molecule has 12 aliphatic rings. The Labute approximate surface area is 852 Å². The summed E-state index contributed by atoms with van der Waals surface area (Å²) in [6.45, 7) is 24.0. The fourth-order valence-electron chi connectivity index (χ4n) is 8.86. The van der Waals surface area contributed by atoms with Gasteiger partial charge in [0, 0.05) is 159 Å². The zero-order chi connectivity index (χ0) is 76.4. The zero-order valence-electron chi connectivity index (χ0n) is 72.2. The number of benzene rings is 8. The molecule has 8 aromatic rings. The first-order valence-electron chi connectivity index (χ1n) is 40.2. The van der Waals surface area contributed by atoms with Crippen LogP contribution in [0.5, 0.6) is 0 Å². The third-order valence-electron chi connectivity index (χ3n) is 14.8. The molecule has 0 bridgehead atoms. The van der Waals surface area contributed by atoms with E-state index in [1.54, 1.807) is 0 Å².